The first kappa shape index (κ1) is 18.4. The second-order valence-corrected chi connectivity index (χ2v) is 6.36. The number of aromatic amines is 1. The van der Waals surface area contributed by atoms with Crippen LogP contribution in [-0.2, 0) is 13.1 Å². The Hall–Kier alpha value is -4.01. The Kier molecular flexibility index (Phi) is 4.78. The lowest BCUT2D eigenvalue weighted by Gasteiger charge is -2.10. The predicted molar refractivity (Wildman–Crippen MR) is 107 cm³/mol. The number of H-pyrrole nitrogens is 1. The summed E-state index contributed by atoms with van der Waals surface area (Å²) in [6.45, 7) is 2.24. The molecule has 3 aromatic heterocycles. The van der Waals surface area contributed by atoms with Gasteiger partial charge in [0.15, 0.2) is 5.82 Å². The molecule has 4 aromatic rings. The average Bonchev–Trinajstić information content (AvgIpc) is 3.27. The number of nitrogens with zero attached hydrogens (tertiary/aromatic N) is 4. The molecule has 0 aliphatic rings. The van der Waals surface area contributed by atoms with Crippen molar-refractivity contribution in [3.63, 3.8) is 0 Å². The van der Waals surface area contributed by atoms with Crippen molar-refractivity contribution in [1.29, 1.82) is 0 Å². The molecule has 146 valence electrons. The number of hydrogen-bond acceptors (Lipinski definition) is 5. The Morgan fingerprint density at radius 1 is 1.17 bits per heavy atom. The first-order valence-electron chi connectivity index (χ1n) is 9.07. The number of carbonyl (C=O) groups is 1. The van der Waals surface area contributed by atoms with Gasteiger partial charge >= 0.3 is 5.69 Å². The van der Waals surface area contributed by atoms with Gasteiger partial charge in [0.05, 0.1) is 10.9 Å². The van der Waals surface area contributed by atoms with Crippen LogP contribution in [0.5, 0.6) is 0 Å². The lowest BCUT2D eigenvalue weighted by Crippen LogP contribution is -2.34. The van der Waals surface area contributed by atoms with E-state index in [-0.39, 0.29) is 24.6 Å². The molecule has 0 unspecified atom stereocenters. The Bertz CT molecular complexity index is 1300. The molecule has 1 amide bonds. The van der Waals surface area contributed by atoms with E-state index >= 15 is 0 Å². The third-order valence-electron chi connectivity index (χ3n) is 4.59. The Labute approximate surface area is 164 Å². The number of hydrogen-bond donors (Lipinski definition) is 2. The van der Waals surface area contributed by atoms with Gasteiger partial charge in [-0.05, 0) is 37.3 Å². The molecule has 1 aromatic carbocycles. The topological polar surface area (TPSA) is 115 Å². The summed E-state index contributed by atoms with van der Waals surface area (Å²) in [6.07, 6.45) is 5.08. The molecule has 0 saturated carbocycles. The van der Waals surface area contributed by atoms with Gasteiger partial charge in [0, 0.05) is 42.8 Å². The van der Waals surface area contributed by atoms with Crippen LogP contribution in [0.2, 0.25) is 0 Å². The number of fused-ring (bicyclic) bond motifs is 1. The molecule has 0 atom stereocenters. The maximum absolute atomic E-state index is 12.6. The van der Waals surface area contributed by atoms with E-state index in [2.05, 4.69) is 20.4 Å². The molecule has 0 radical (unpaired) electrons. The number of amides is 1. The fourth-order valence-corrected chi connectivity index (χ4v) is 3.13. The fourth-order valence-electron chi connectivity index (χ4n) is 3.13. The molecule has 29 heavy (non-hydrogen) atoms. The second-order valence-electron chi connectivity index (χ2n) is 6.36. The van der Waals surface area contributed by atoms with Gasteiger partial charge in [-0.2, -0.15) is 5.10 Å². The van der Waals surface area contributed by atoms with E-state index in [4.69, 9.17) is 0 Å². The third-order valence-corrected chi connectivity index (χ3v) is 4.59. The van der Waals surface area contributed by atoms with Crippen molar-refractivity contribution in [3.05, 3.63) is 87.0 Å². The first-order chi connectivity index (χ1) is 14.1. The van der Waals surface area contributed by atoms with Crippen LogP contribution in [0.3, 0.4) is 0 Å². The van der Waals surface area contributed by atoms with E-state index in [9.17, 15) is 14.4 Å². The molecule has 0 aliphatic carbocycles. The van der Waals surface area contributed by atoms with Gasteiger partial charge in [-0.15, -0.1) is 0 Å². The molecule has 3 heterocycles. The van der Waals surface area contributed by atoms with Gasteiger partial charge in [0.25, 0.3) is 11.5 Å². The Morgan fingerprint density at radius 3 is 2.79 bits per heavy atom. The number of rotatable bonds is 5. The predicted octanol–water partition coefficient (Wildman–Crippen LogP) is 1.22. The number of carbonyl (C=O) groups excluding carboxylic acids is 1. The molecule has 9 heteroatoms. The minimum atomic E-state index is -0.498. The lowest BCUT2D eigenvalue weighted by molar-refractivity contribution is 0.0951. The standard InChI is InChI=1S/C20H18N6O3/c1-2-25-19(28)15-7-6-13(11-16(15)24-20(25)29)18(27)22-12-14-5-3-8-21-17(14)26-10-4-9-23-26/h3-11H,2,12H2,1H3,(H,22,27)(H,24,29). The van der Waals surface area contributed by atoms with Crippen LogP contribution in [-0.4, -0.2) is 30.2 Å². The van der Waals surface area contributed by atoms with Crippen molar-refractivity contribution in [2.75, 3.05) is 0 Å². The molecule has 0 aliphatic heterocycles. The molecule has 0 bridgehead atoms. The first-order valence-corrected chi connectivity index (χ1v) is 9.07. The van der Waals surface area contributed by atoms with Crippen LogP contribution in [0, 0.1) is 0 Å². The minimum Gasteiger partial charge on any atom is -0.348 e. The zero-order chi connectivity index (χ0) is 20.4. The van der Waals surface area contributed by atoms with Crippen molar-refractivity contribution in [2.24, 2.45) is 0 Å². The van der Waals surface area contributed by atoms with Crippen molar-refractivity contribution < 1.29 is 4.79 Å². The maximum atomic E-state index is 12.6. The van der Waals surface area contributed by atoms with Gasteiger partial charge < -0.3 is 10.3 Å². The lowest BCUT2D eigenvalue weighted by atomic mass is 10.1. The molecular formula is C20H18N6O3. The number of pyridine rings is 1. The van der Waals surface area contributed by atoms with Gasteiger partial charge in [0.2, 0.25) is 0 Å². The van der Waals surface area contributed by atoms with Crippen molar-refractivity contribution in [3.8, 4) is 5.82 Å². The van der Waals surface area contributed by atoms with Gasteiger partial charge in [0.1, 0.15) is 0 Å². The summed E-state index contributed by atoms with van der Waals surface area (Å²) in [5, 5.41) is 7.37. The molecule has 0 fully saturated rings. The highest BCUT2D eigenvalue weighted by atomic mass is 16.2. The van der Waals surface area contributed by atoms with Crippen molar-refractivity contribution >= 4 is 16.8 Å². The van der Waals surface area contributed by atoms with E-state index in [0.717, 1.165) is 10.1 Å². The number of nitrogens with one attached hydrogen (secondary N) is 2. The summed E-state index contributed by atoms with van der Waals surface area (Å²) in [5.74, 6) is 0.295. The highest BCUT2D eigenvalue weighted by Gasteiger charge is 2.12. The zero-order valence-electron chi connectivity index (χ0n) is 15.6. The summed E-state index contributed by atoms with van der Waals surface area (Å²) in [6, 6.07) is 10.1. The quantitative estimate of drug-likeness (QED) is 0.532. The summed E-state index contributed by atoms with van der Waals surface area (Å²) in [4.78, 5) is 44.0. The van der Waals surface area contributed by atoms with Crippen LogP contribution in [0.4, 0.5) is 0 Å². The monoisotopic (exact) mass is 390 g/mol. The highest BCUT2D eigenvalue weighted by Crippen LogP contribution is 2.12. The van der Waals surface area contributed by atoms with E-state index in [0.29, 0.717) is 22.3 Å². The molecular weight excluding hydrogens is 372 g/mol. The van der Waals surface area contributed by atoms with Crippen LogP contribution < -0.4 is 16.6 Å². The van der Waals surface area contributed by atoms with Crippen molar-refractivity contribution in [1.82, 2.24) is 29.6 Å². The van der Waals surface area contributed by atoms with Crippen LogP contribution in [0.15, 0.2) is 64.6 Å². The smallest absolute Gasteiger partial charge is 0.328 e. The average molecular weight is 390 g/mol. The molecule has 2 N–H and O–H groups in total. The third kappa shape index (κ3) is 3.45. The molecule has 0 spiro atoms. The van der Waals surface area contributed by atoms with Gasteiger partial charge in [-0.25, -0.2) is 14.5 Å². The SMILES string of the molecule is CCn1c(=O)[nH]c2cc(C(=O)NCc3cccnc3-n3cccn3)ccc2c1=O. The molecule has 9 nitrogen and oxygen atoms in total. The Balaban J connectivity index is 1.59. The maximum Gasteiger partial charge on any atom is 0.328 e. The van der Waals surface area contributed by atoms with E-state index < -0.39 is 5.69 Å². The summed E-state index contributed by atoms with van der Waals surface area (Å²) >= 11 is 0. The summed E-state index contributed by atoms with van der Waals surface area (Å²) < 4.78 is 2.74. The van der Waals surface area contributed by atoms with E-state index in [1.807, 2.05) is 6.07 Å². The van der Waals surface area contributed by atoms with Crippen LogP contribution in [0.1, 0.15) is 22.8 Å². The fraction of sp³-hybridized carbons (Fsp3) is 0.150. The van der Waals surface area contributed by atoms with E-state index in [1.54, 1.807) is 54.5 Å². The van der Waals surface area contributed by atoms with Crippen LogP contribution >= 0.6 is 0 Å². The summed E-state index contributed by atoms with van der Waals surface area (Å²) in [5.41, 5.74) is 0.589. The van der Waals surface area contributed by atoms with Crippen LogP contribution in [0.25, 0.3) is 16.7 Å². The summed E-state index contributed by atoms with van der Waals surface area (Å²) in [7, 11) is 0. The molecule has 4 rings (SSSR count). The molecule has 0 saturated heterocycles. The number of aromatic nitrogens is 5. The Morgan fingerprint density at radius 2 is 2.03 bits per heavy atom. The zero-order valence-corrected chi connectivity index (χ0v) is 15.6. The largest absolute Gasteiger partial charge is 0.348 e. The second kappa shape index (κ2) is 7.55. The van der Waals surface area contributed by atoms with Gasteiger partial charge in [-0.3, -0.25) is 14.2 Å². The normalized spacial score (nSPS) is 10.9. The number of benzene rings is 1. The minimum absolute atomic E-state index is 0.244. The van der Waals surface area contributed by atoms with Crippen molar-refractivity contribution in [2.45, 2.75) is 20.0 Å². The van der Waals surface area contributed by atoms with E-state index in [1.165, 1.54) is 6.07 Å². The van der Waals surface area contributed by atoms with Gasteiger partial charge in [-0.1, -0.05) is 6.07 Å². The highest BCUT2D eigenvalue weighted by molar-refractivity contribution is 5.97.